The van der Waals surface area contributed by atoms with Gasteiger partial charge in [0.05, 0.1) is 5.92 Å². The molecule has 2 aromatic rings. The highest BCUT2D eigenvalue weighted by Gasteiger charge is 2.46. The molecule has 1 aliphatic heterocycles. The maximum absolute atomic E-state index is 13.0. The van der Waals surface area contributed by atoms with Crippen LogP contribution in [0.4, 0.5) is 5.82 Å². The number of hydrogen-bond donors (Lipinski definition) is 1. The average molecular weight is 442 g/mol. The zero-order valence-electron chi connectivity index (χ0n) is 15.9. The number of carbonyl (C=O) groups excluding carboxylic acids is 2. The van der Waals surface area contributed by atoms with Crippen LogP contribution < -0.4 is 5.32 Å². The molecular weight excluding hydrogens is 418 g/mol. The summed E-state index contributed by atoms with van der Waals surface area (Å²) in [6.07, 6.45) is 2.57. The molecule has 1 aromatic carbocycles. The van der Waals surface area contributed by atoms with Gasteiger partial charge < -0.3 is 10.2 Å². The summed E-state index contributed by atoms with van der Waals surface area (Å²) >= 11 is 3.45. The van der Waals surface area contributed by atoms with E-state index in [9.17, 15) is 9.59 Å². The highest BCUT2D eigenvalue weighted by atomic mass is 79.9. The molecule has 5 nitrogen and oxygen atoms in total. The Morgan fingerprint density at radius 3 is 2.71 bits per heavy atom. The van der Waals surface area contributed by atoms with Crippen molar-refractivity contribution in [1.82, 2.24) is 9.88 Å². The first-order chi connectivity index (χ1) is 13.5. The van der Waals surface area contributed by atoms with Crippen LogP contribution in [0.3, 0.4) is 0 Å². The minimum Gasteiger partial charge on any atom is -0.342 e. The number of piperidine rings is 1. The number of aromatic nitrogens is 1. The number of carbonyl (C=O) groups is 2. The Hall–Kier alpha value is -2.21. The molecule has 6 heteroatoms. The van der Waals surface area contributed by atoms with E-state index in [2.05, 4.69) is 38.4 Å². The molecule has 4 rings (SSSR count). The van der Waals surface area contributed by atoms with Crippen molar-refractivity contribution in [3.63, 3.8) is 0 Å². The van der Waals surface area contributed by atoms with Crippen LogP contribution in [-0.2, 0) is 9.59 Å². The van der Waals surface area contributed by atoms with E-state index in [1.165, 1.54) is 5.56 Å². The fourth-order valence-electron chi connectivity index (χ4n) is 4.01. The molecule has 1 aromatic heterocycles. The van der Waals surface area contributed by atoms with Crippen molar-refractivity contribution >= 4 is 33.6 Å². The van der Waals surface area contributed by atoms with Crippen molar-refractivity contribution in [3.05, 3.63) is 58.2 Å². The molecule has 0 bridgehead atoms. The third-order valence-electron chi connectivity index (χ3n) is 5.65. The predicted octanol–water partition coefficient (Wildman–Crippen LogP) is 4.13. The predicted molar refractivity (Wildman–Crippen MR) is 112 cm³/mol. The van der Waals surface area contributed by atoms with Crippen LogP contribution in [0.2, 0.25) is 0 Å². The van der Waals surface area contributed by atoms with Gasteiger partial charge in [-0.05, 0) is 61.9 Å². The number of aryl methyl sites for hydroxylation is 1. The molecular formula is C22H24BrN3O2. The van der Waals surface area contributed by atoms with Gasteiger partial charge in [-0.1, -0.05) is 34.1 Å². The second kappa shape index (κ2) is 8.03. The second-order valence-corrected chi connectivity index (χ2v) is 8.69. The van der Waals surface area contributed by atoms with Gasteiger partial charge in [-0.15, -0.1) is 0 Å². The molecule has 2 heterocycles. The van der Waals surface area contributed by atoms with Crippen molar-refractivity contribution in [2.75, 3.05) is 18.4 Å². The van der Waals surface area contributed by atoms with Crippen LogP contribution in [0.5, 0.6) is 0 Å². The normalized spacial score (nSPS) is 23.9. The molecule has 146 valence electrons. The maximum atomic E-state index is 13.0. The summed E-state index contributed by atoms with van der Waals surface area (Å²) in [6.45, 7) is 3.14. The summed E-state index contributed by atoms with van der Waals surface area (Å²) in [5.41, 5.74) is 2.09. The highest BCUT2D eigenvalue weighted by Crippen LogP contribution is 2.49. The van der Waals surface area contributed by atoms with Crippen LogP contribution in [-0.4, -0.2) is 34.8 Å². The lowest BCUT2D eigenvalue weighted by Gasteiger charge is -2.32. The largest absolute Gasteiger partial charge is 0.342 e. The van der Waals surface area contributed by atoms with Crippen molar-refractivity contribution < 1.29 is 9.59 Å². The summed E-state index contributed by atoms with van der Waals surface area (Å²) in [5, 5.41) is 2.90. The number of rotatable bonds is 4. The molecule has 3 atom stereocenters. The fraction of sp³-hybridized carbons (Fsp3) is 0.409. The Kier molecular flexibility index (Phi) is 5.49. The molecule has 2 amide bonds. The first-order valence-electron chi connectivity index (χ1n) is 9.80. The number of anilines is 1. The number of amides is 2. The summed E-state index contributed by atoms with van der Waals surface area (Å²) in [6, 6.07) is 13.8. The number of pyridine rings is 1. The van der Waals surface area contributed by atoms with Gasteiger partial charge in [0.25, 0.3) is 0 Å². The van der Waals surface area contributed by atoms with Crippen LogP contribution in [0.15, 0.2) is 46.9 Å². The molecule has 1 saturated heterocycles. The van der Waals surface area contributed by atoms with E-state index >= 15 is 0 Å². The van der Waals surface area contributed by atoms with Gasteiger partial charge in [0.1, 0.15) is 5.82 Å². The quantitative estimate of drug-likeness (QED) is 0.775. The third-order valence-corrected chi connectivity index (χ3v) is 6.18. The summed E-state index contributed by atoms with van der Waals surface area (Å²) in [5.74, 6) is 0.915. The van der Waals surface area contributed by atoms with E-state index < -0.39 is 0 Å². The van der Waals surface area contributed by atoms with Crippen molar-refractivity contribution in [3.8, 4) is 0 Å². The number of halogens is 1. The molecule has 1 N–H and O–H groups in total. The Morgan fingerprint density at radius 2 is 1.96 bits per heavy atom. The average Bonchev–Trinajstić information content (AvgIpc) is 3.49. The molecule has 2 aliphatic rings. The van der Waals surface area contributed by atoms with Crippen molar-refractivity contribution in [2.45, 2.75) is 32.1 Å². The SMILES string of the molecule is Cc1cccc(NC(=O)C2CCCN(C(=O)C3CC3c3ccc(Br)cc3)C2)n1. The van der Waals surface area contributed by atoms with Gasteiger partial charge in [0, 0.05) is 29.2 Å². The molecule has 3 unspecified atom stereocenters. The lowest BCUT2D eigenvalue weighted by atomic mass is 9.96. The summed E-state index contributed by atoms with van der Waals surface area (Å²) in [4.78, 5) is 31.8. The molecule has 0 radical (unpaired) electrons. The third kappa shape index (κ3) is 4.27. The lowest BCUT2D eigenvalue weighted by Crippen LogP contribution is -2.44. The zero-order chi connectivity index (χ0) is 19.7. The minimum absolute atomic E-state index is 0.0455. The topological polar surface area (TPSA) is 62.3 Å². The molecule has 1 saturated carbocycles. The van der Waals surface area contributed by atoms with Gasteiger partial charge in [0.15, 0.2) is 0 Å². The maximum Gasteiger partial charge on any atom is 0.230 e. The van der Waals surface area contributed by atoms with Crippen LogP contribution in [0.1, 0.15) is 36.4 Å². The van der Waals surface area contributed by atoms with Gasteiger partial charge >= 0.3 is 0 Å². The summed E-state index contributed by atoms with van der Waals surface area (Å²) in [7, 11) is 0. The Balaban J connectivity index is 1.35. The van der Waals surface area contributed by atoms with Crippen molar-refractivity contribution in [1.29, 1.82) is 0 Å². The first kappa shape index (κ1) is 19.1. The van der Waals surface area contributed by atoms with Gasteiger partial charge in [-0.25, -0.2) is 4.98 Å². The van der Waals surface area contributed by atoms with E-state index in [0.717, 1.165) is 36.0 Å². The molecule has 0 spiro atoms. The number of nitrogens with one attached hydrogen (secondary N) is 1. The highest BCUT2D eigenvalue weighted by molar-refractivity contribution is 9.10. The smallest absolute Gasteiger partial charge is 0.230 e. The monoisotopic (exact) mass is 441 g/mol. The van der Waals surface area contributed by atoms with E-state index in [-0.39, 0.29) is 23.7 Å². The Morgan fingerprint density at radius 1 is 1.18 bits per heavy atom. The first-order valence-corrected chi connectivity index (χ1v) is 10.6. The van der Waals surface area contributed by atoms with Gasteiger partial charge in [-0.3, -0.25) is 9.59 Å². The van der Waals surface area contributed by atoms with E-state index in [1.807, 2.05) is 36.1 Å². The Bertz CT molecular complexity index is 884. The lowest BCUT2D eigenvalue weighted by molar-refractivity contribution is -0.135. The molecule has 2 fully saturated rings. The Labute approximate surface area is 173 Å². The fourth-order valence-corrected chi connectivity index (χ4v) is 4.28. The minimum atomic E-state index is -0.176. The number of benzene rings is 1. The van der Waals surface area contributed by atoms with Crippen molar-refractivity contribution in [2.24, 2.45) is 11.8 Å². The van der Waals surface area contributed by atoms with Gasteiger partial charge in [-0.2, -0.15) is 0 Å². The van der Waals surface area contributed by atoms with Crippen LogP contribution in [0.25, 0.3) is 0 Å². The number of hydrogen-bond acceptors (Lipinski definition) is 3. The second-order valence-electron chi connectivity index (χ2n) is 7.78. The summed E-state index contributed by atoms with van der Waals surface area (Å²) < 4.78 is 1.05. The zero-order valence-corrected chi connectivity index (χ0v) is 17.5. The number of nitrogens with zero attached hydrogens (tertiary/aromatic N) is 2. The van der Waals surface area contributed by atoms with E-state index in [4.69, 9.17) is 0 Å². The molecule has 28 heavy (non-hydrogen) atoms. The molecule has 1 aliphatic carbocycles. The van der Waals surface area contributed by atoms with E-state index in [0.29, 0.717) is 18.3 Å². The van der Waals surface area contributed by atoms with Crippen LogP contribution in [0, 0.1) is 18.8 Å². The van der Waals surface area contributed by atoms with Crippen LogP contribution >= 0.6 is 15.9 Å². The van der Waals surface area contributed by atoms with Gasteiger partial charge in [0.2, 0.25) is 11.8 Å². The number of likely N-dealkylation sites (tertiary alicyclic amines) is 1. The standard InChI is InChI=1S/C22H24BrN3O2/c1-14-4-2-6-20(24-14)25-21(27)16-5-3-11-26(13-16)22(28)19-12-18(19)15-7-9-17(23)10-8-15/h2,4,6-10,16,18-19H,3,5,11-13H2,1H3,(H,24,25,27). The van der Waals surface area contributed by atoms with E-state index in [1.54, 1.807) is 6.07 Å².